The van der Waals surface area contributed by atoms with Crippen molar-refractivity contribution in [3.63, 3.8) is 0 Å². The maximum Gasteiger partial charge on any atom is 0.136 e. The fourth-order valence-corrected chi connectivity index (χ4v) is 1.55. The van der Waals surface area contributed by atoms with Crippen molar-refractivity contribution in [3.05, 3.63) is 46.9 Å². The number of benzene rings is 1. The minimum atomic E-state index is 0.702. The number of nitrogens with zero attached hydrogens (tertiary/aromatic N) is 2. The van der Waals surface area contributed by atoms with Gasteiger partial charge in [-0.3, -0.25) is 0 Å². The van der Waals surface area contributed by atoms with Crippen molar-refractivity contribution in [2.45, 2.75) is 13.8 Å². The number of aromatic nitrogens is 2. The van der Waals surface area contributed by atoms with Gasteiger partial charge in [0.05, 0.1) is 0 Å². The van der Waals surface area contributed by atoms with E-state index >= 15 is 0 Å². The summed E-state index contributed by atoms with van der Waals surface area (Å²) in [6.07, 6.45) is 1.80. The molecule has 0 aliphatic heterocycles. The molecule has 82 valence electrons. The Morgan fingerprint density at radius 2 is 2.06 bits per heavy atom. The van der Waals surface area contributed by atoms with Crippen molar-refractivity contribution in [2.24, 2.45) is 0 Å². The van der Waals surface area contributed by atoms with Gasteiger partial charge in [-0.15, -0.1) is 0 Å². The van der Waals surface area contributed by atoms with Crippen molar-refractivity contribution >= 4 is 23.1 Å². The van der Waals surface area contributed by atoms with Crippen LogP contribution in [0.15, 0.2) is 30.5 Å². The second-order valence-electron chi connectivity index (χ2n) is 3.58. The highest BCUT2D eigenvalue weighted by Crippen LogP contribution is 2.20. The van der Waals surface area contributed by atoms with E-state index in [2.05, 4.69) is 15.3 Å². The van der Waals surface area contributed by atoms with E-state index in [0.29, 0.717) is 5.02 Å². The number of aryl methyl sites for hydroxylation is 2. The van der Waals surface area contributed by atoms with Crippen LogP contribution in [0.3, 0.4) is 0 Å². The van der Waals surface area contributed by atoms with Gasteiger partial charge < -0.3 is 5.32 Å². The molecule has 2 aromatic rings. The molecule has 0 radical (unpaired) electrons. The van der Waals surface area contributed by atoms with E-state index in [4.69, 9.17) is 11.6 Å². The van der Waals surface area contributed by atoms with Gasteiger partial charge in [0.25, 0.3) is 0 Å². The molecule has 1 heterocycles. The Hall–Kier alpha value is -1.61. The van der Waals surface area contributed by atoms with E-state index in [9.17, 15) is 0 Å². The Kier molecular flexibility index (Phi) is 3.06. The van der Waals surface area contributed by atoms with Gasteiger partial charge in [-0.25, -0.2) is 9.97 Å². The molecular formula is C12H12ClN3. The van der Waals surface area contributed by atoms with E-state index in [1.54, 1.807) is 6.20 Å². The van der Waals surface area contributed by atoms with Crippen molar-refractivity contribution in [2.75, 3.05) is 5.32 Å². The molecule has 1 aromatic heterocycles. The molecule has 0 unspecified atom stereocenters. The van der Waals surface area contributed by atoms with Crippen LogP contribution in [0, 0.1) is 13.8 Å². The van der Waals surface area contributed by atoms with Crippen LogP contribution in [0.2, 0.25) is 5.02 Å². The van der Waals surface area contributed by atoms with E-state index in [-0.39, 0.29) is 0 Å². The zero-order valence-electron chi connectivity index (χ0n) is 9.16. The number of hydrogen-bond acceptors (Lipinski definition) is 3. The summed E-state index contributed by atoms with van der Waals surface area (Å²) in [6, 6.07) is 7.54. The maximum atomic E-state index is 5.91. The summed E-state index contributed by atoms with van der Waals surface area (Å²) in [5, 5.41) is 3.92. The van der Waals surface area contributed by atoms with Crippen molar-refractivity contribution in [3.8, 4) is 0 Å². The Labute approximate surface area is 99.5 Å². The van der Waals surface area contributed by atoms with Gasteiger partial charge in [-0.2, -0.15) is 0 Å². The van der Waals surface area contributed by atoms with Crippen LogP contribution in [0.1, 0.15) is 11.4 Å². The Morgan fingerprint density at radius 3 is 2.81 bits per heavy atom. The molecule has 16 heavy (non-hydrogen) atoms. The summed E-state index contributed by atoms with van der Waals surface area (Å²) in [5.74, 6) is 1.56. The third kappa shape index (κ3) is 2.49. The van der Waals surface area contributed by atoms with Crippen LogP contribution in [-0.4, -0.2) is 9.97 Å². The number of hydrogen-bond donors (Lipinski definition) is 1. The molecule has 0 bridgehead atoms. The quantitative estimate of drug-likeness (QED) is 0.863. The zero-order valence-corrected chi connectivity index (χ0v) is 9.92. The maximum absolute atomic E-state index is 5.91. The monoisotopic (exact) mass is 233 g/mol. The van der Waals surface area contributed by atoms with Gasteiger partial charge in [0.15, 0.2) is 0 Å². The molecule has 0 amide bonds. The van der Waals surface area contributed by atoms with Crippen LogP contribution >= 0.6 is 11.6 Å². The second kappa shape index (κ2) is 4.49. The highest BCUT2D eigenvalue weighted by molar-refractivity contribution is 6.30. The third-order valence-electron chi connectivity index (χ3n) is 2.18. The van der Waals surface area contributed by atoms with Crippen molar-refractivity contribution in [1.29, 1.82) is 0 Å². The topological polar surface area (TPSA) is 37.8 Å². The molecule has 1 N–H and O–H groups in total. The highest BCUT2D eigenvalue weighted by atomic mass is 35.5. The van der Waals surface area contributed by atoms with Crippen LogP contribution in [-0.2, 0) is 0 Å². The average molecular weight is 234 g/mol. The van der Waals surface area contributed by atoms with Crippen LogP contribution in [0.5, 0.6) is 0 Å². The molecule has 3 nitrogen and oxygen atoms in total. The summed E-state index contributed by atoms with van der Waals surface area (Å²) >= 11 is 5.91. The molecule has 4 heteroatoms. The predicted octanol–water partition coefficient (Wildman–Crippen LogP) is 3.49. The standard InChI is InChI=1S/C12H12ClN3/c1-8-7-14-9(2)15-12(8)16-11-5-3-4-10(13)6-11/h3-7H,1-2H3,(H,14,15,16). The lowest BCUT2D eigenvalue weighted by molar-refractivity contribution is 1.04. The fourth-order valence-electron chi connectivity index (χ4n) is 1.36. The summed E-state index contributed by atoms with van der Waals surface area (Å²) in [6.45, 7) is 3.83. The van der Waals surface area contributed by atoms with Gasteiger partial charge >= 0.3 is 0 Å². The Bertz CT molecular complexity index is 511. The molecule has 0 saturated heterocycles. The molecule has 2 rings (SSSR count). The summed E-state index contributed by atoms with van der Waals surface area (Å²) < 4.78 is 0. The minimum Gasteiger partial charge on any atom is -0.340 e. The van der Waals surface area contributed by atoms with Crippen LogP contribution in [0.25, 0.3) is 0 Å². The minimum absolute atomic E-state index is 0.702. The normalized spacial score (nSPS) is 10.2. The van der Waals surface area contributed by atoms with Crippen molar-refractivity contribution in [1.82, 2.24) is 9.97 Å². The zero-order chi connectivity index (χ0) is 11.5. The summed E-state index contributed by atoms with van der Waals surface area (Å²) in [7, 11) is 0. The lowest BCUT2D eigenvalue weighted by atomic mass is 10.3. The Balaban J connectivity index is 2.30. The van der Waals surface area contributed by atoms with Crippen molar-refractivity contribution < 1.29 is 0 Å². The van der Waals surface area contributed by atoms with Gasteiger partial charge in [0.1, 0.15) is 11.6 Å². The molecule has 0 atom stereocenters. The third-order valence-corrected chi connectivity index (χ3v) is 2.41. The van der Waals surface area contributed by atoms with Gasteiger partial charge in [-0.05, 0) is 32.0 Å². The first-order valence-corrected chi connectivity index (χ1v) is 5.36. The lowest BCUT2D eigenvalue weighted by Gasteiger charge is -2.08. The first-order chi connectivity index (χ1) is 7.65. The number of halogens is 1. The number of anilines is 2. The van der Waals surface area contributed by atoms with E-state index < -0.39 is 0 Å². The van der Waals surface area contributed by atoms with E-state index in [1.165, 1.54) is 0 Å². The molecule has 1 aromatic carbocycles. The van der Waals surface area contributed by atoms with E-state index in [1.807, 2.05) is 38.1 Å². The highest BCUT2D eigenvalue weighted by Gasteiger charge is 2.02. The van der Waals surface area contributed by atoms with E-state index in [0.717, 1.165) is 22.9 Å². The molecule has 0 spiro atoms. The molecule has 0 fully saturated rings. The molecule has 0 aliphatic rings. The predicted molar refractivity (Wildman–Crippen MR) is 66.2 cm³/mol. The summed E-state index contributed by atoms with van der Waals surface area (Å²) in [5.41, 5.74) is 1.93. The number of rotatable bonds is 2. The summed E-state index contributed by atoms with van der Waals surface area (Å²) in [4.78, 5) is 8.45. The Morgan fingerprint density at radius 1 is 1.25 bits per heavy atom. The first-order valence-electron chi connectivity index (χ1n) is 4.98. The first kappa shape index (κ1) is 10.9. The van der Waals surface area contributed by atoms with Gasteiger partial charge in [0.2, 0.25) is 0 Å². The van der Waals surface area contributed by atoms with Gasteiger partial charge in [0, 0.05) is 22.5 Å². The second-order valence-corrected chi connectivity index (χ2v) is 4.02. The molecule has 0 saturated carbocycles. The largest absolute Gasteiger partial charge is 0.340 e. The smallest absolute Gasteiger partial charge is 0.136 e. The SMILES string of the molecule is Cc1ncc(C)c(Nc2cccc(Cl)c2)n1. The molecular weight excluding hydrogens is 222 g/mol. The van der Waals surface area contributed by atoms with Crippen LogP contribution in [0.4, 0.5) is 11.5 Å². The average Bonchev–Trinajstić information content (AvgIpc) is 2.24. The van der Waals surface area contributed by atoms with Gasteiger partial charge in [-0.1, -0.05) is 17.7 Å². The molecule has 0 aliphatic carbocycles. The van der Waals surface area contributed by atoms with Crippen LogP contribution < -0.4 is 5.32 Å². The lowest BCUT2D eigenvalue weighted by Crippen LogP contribution is -1.99. The fraction of sp³-hybridized carbons (Fsp3) is 0.167. The number of nitrogens with one attached hydrogen (secondary N) is 1.